The van der Waals surface area contributed by atoms with Crippen molar-refractivity contribution in [2.75, 3.05) is 31.7 Å². The zero-order valence-electron chi connectivity index (χ0n) is 9.69. The van der Waals surface area contributed by atoms with Crippen LogP contribution < -0.4 is 10.5 Å². The van der Waals surface area contributed by atoms with E-state index in [-0.39, 0.29) is 5.56 Å². The van der Waals surface area contributed by atoms with Crippen molar-refractivity contribution in [3.05, 3.63) is 22.2 Å². The van der Waals surface area contributed by atoms with Gasteiger partial charge in [-0.25, -0.2) is 4.98 Å². The number of aryl methyl sites for hydroxylation is 1. The van der Waals surface area contributed by atoms with Crippen molar-refractivity contribution in [3.8, 4) is 0 Å². The molecular weight excluding hydrogens is 206 g/mol. The van der Waals surface area contributed by atoms with E-state index < -0.39 is 0 Å². The smallest absolute Gasteiger partial charge is 0.252 e. The number of hydrogen-bond acceptors (Lipinski definition) is 4. The number of rotatable bonds is 3. The van der Waals surface area contributed by atoms with E-state index in [0.717, 1.165) is 31.9 Å². The predicted molar refractivity (Wildman–Crippen MR) is 61.8 cm³/mol. The van der Waals surface area contributed by atoms with E-state index in [1.165, 1.54) is 0 Å². The van der Waals surface area contributed by atoms with Crippen LogP contribution in [0.1, 0.15) is 12.2 Å². The van der Waals surface area contributed by atoms with Gasteiger partial charge in [-0.1, -0.05) is 0 Å². The minimum Gasteiger partial charge on any atom is -0.384 e. The summed E-state index contributed by atoms with van der Waals surface area (Å²) in [5, 5.41) is 0. The molecule has 16 heavy (non-hydrogen) atoms. The van der Waals surface area contributed by atoms with Gasteiger partial charge in [-0.3, -0.25) is 4.79 Å². The summed E-state index contributed by atoms with van der Waals surface area (Å²) in [6, 6.07) is 1.56. The first-order chi connectivity index (χ1) is 7.69. The van der Waals surface area contributed by atoms with Gasteiger partial charge >= 0.3 is 0 Å². The number of aromatic nitrogens is 2. The van der Waals surface area contributed by atoms with Gasteiger partial charge in [0.05, 0.1) is 6.61 Å². The summed E-state index contributed by atoms with van der Waals surface area (Å²) in [6.45, 7) is 4.44. The molecule has 1 aliphatic heterocycles. The van der Waals surface area contributed by atoms with Crippen LogP contribution in [0.5, 0.6) is 0 Å². The van der Waals surface area contributed by atoms with Gasteiger partial charge in [0.2, 0.25) is 0 Å². The van der Waals surface area contributed by atoms with E-state index >= 15 is 0 Å². The monoisotopic (exact) mass is 223 g/mol. The molecule has 1 aromatic rings. The summed E-state index contributed by atoms with van der Waals surface area (Å²) in [5.74, 6) is 1.99. The molecule has 2 rings (SSSR count). The highest BCUT2D eigenvalue weighted by atomic mass is 16.5. The third-order valence-electron chi connectivity index (χ3n) is 2.86. The first kappa shape index (κ1) is 11.1. The van der Waals surface area contributed by atoms with Gasteiger partial charge in [0, 0.05) is 32.2 Å². The number of methoxy groups -OCH3 is 1. The molecule has 2 heterocycles. The van der Waals surface area contributed by atoms with Crippen molar-refractivity contribution in [1.29, 1.82) is 0 Å². The molecule has 1 saturated heterocycles. The molecule has 0 bridgehead atoms. The van der Waals surface area contributed by atoms with Gasteiger partial charge in [-0.15, -0.1) is 0 Å². The molecule has 0 aromatic carbocycles. The number of ether oxygens (including phenoxy) is 1. The minimum atomic E-state index is -0.0855. The van der Waals surface area contributed by atoms with Crippen LogP contribution in [-0.4, -0.2) is 36.8 Å². The van der Waals surface area contributed by atoms with Gasteiger partial charge in [-0.05, 0) is 13.3 Å². The van der Waals surface area contributed by atoms with Gasteiger partial charge in [-0.2, -0.15) is 0 Å². The fourth-order valence-electron chi connectivity index (χ4n) is 2.14. The first-order valence-corrected chi connectivity index (χ1v) is 5.51. The zero-order valence-corrected chi connectivity index (χ0v) is 9.69. The Bertz CT molecular complexity index is 416. The highest BCUT2D eigenvalue weighted by molar-refractivity contribution is 5.38. The van der Waals surface area contributed by atoms with Crippen molar-refractivity contribution >= 4 is 5.82 Å². The second-order valence-electron chi connectivity index (χ2n) is 4.25. The Balaban J connectivity index is 2.11. The third-order valence-corrected chi connectivity index (χ3v) is 2.86. The molecule has 1 fully saturated rings. The maximum absolute atomic E-state index is 11.3. The SMILES string of the molecule is COCC1CCN(c2cc(=O)[nH]c(C)n2)C1. The minimum absolute atomic E-state index is 0.0855. The summed E-state index contributed by atoms with van der Waals surface area (Å²) in [7, 11) is 1.72. The lowest BCUT2D eigenvalue weighted by molar-refractivity contribution is 0.161. The number of anilines is 1. The first-order valence-electron chi connectivity index (χ1n) is 5.51. The number of nitrogens with zero attached hydrogens (tertiary/aromatic N) is 2. The molecule has 5 nitrogen and oxygen atoms in total. The molecule has 1 atom stereocenters. The average Bonchev–Trinajstić information content (AvgIpc) is 2.65. The van der Waals surface area contributed by atoms with Gasteiger partial charge in [0.1, 0.15) is 11.6 Å². The Morgan fingerprint density at radius 1 is 1.69 bits per heavy atom. The number of nitrogens with one attached hydrogen (secondary N) is 1. The standard InChI is InChI=1S/C11H17N3O2/c1-8-12-10(5-11(15)13-8)14-4-3-9(6-14)7-16-2/h5,9H,3-4,6-7H2,1-2H3,(H,12,13,15). The van der Waals surface area contributed by atoms with Gasteiger partial charge in [0.15, 0.2) is 0 Å². The molecule has 0 radical (unpaired) electrons. The molecule has 0 spiro atoms. The fourth-order valence-corrected chi connectivity index (χ4v) is 2.14. The zero-order chi connectivity index (χ0) is 11.5. The molecule has 0 aliphatic carbocycles. The molecular formula is C11H17N3O2. The quantitative estimate of drug-likeness (QED) is 0.813. The van der Waals surface area contributed by atoms with Crippen LogP contribution >= 0.6 is 0 Å². The van der Waals surface area contributed by atoms with Gasteiger partial charge < -0.3 is 14.6 Å². The Morgan fingerprint density at radius 2 is 2.50 bits per heavy atom. The van der Waals surface area contributed by atoms with E-state index in [0.29, 0.717) is 11.7 Å². The predicted octanol–water partition coefficient (Wildman–Crippen LogP) is 0.551. The van der Waals surface area contributed by atoms with Crippen LogP contribution in [0.2, 0.25) is 0 Å². The van der Waals surface area contributed by atoms with Crippen molar-refractivity contribution in [2.24, 2.45) is 5.92 Å². The third kappa shape index (κ3) is 2.41. The van der Waals surface area contributed by atoms with Crippen molar-refractivity contribution in [3.63, 3.8) is 0 Å². The molecule has 88 valence electrons. The van der Waals surface area contributed by atoms with Crippen LogP contribution in [0.4, 0.5) is 5.82 Å². The van der Waals surface area contributed by atoms with Crippen molar-refractivity contribution < 1.29 is 4.74 Å². The van der Waals surface area contributed by atoms with Crippen molar-refractivity contribution in [1.82, 2.24) is 9.97 Å². The van der Waals surface area contributed by atoms with E-state index in [1.807, 2.05) is 0 Å². The van der Waals surface area contributed by atoms with E-state index in [2.05, 4.69) is 14.9 Å². The van der Waals surface area contributed by atoms with Crippen LogP contribution in [-0.2, 0) is 4.74 Å². The van der Waals surface area contributed by atoms with Gasteiger partial charge in [0.25, 0.3) is 5.56 Å². The molecule has 0 saturated carbocycles. The number of H-pyrrole nitrogens is 1. The highest BCUT2D eigenvalue weighted by Gasteiger charge is 2.23. The lowest BCUT2D eigenvalue weighted by atomic mass is 10.1. The second-order valence-corrected chi connectivity index (χ2v) is 4.25. The molecule has 1 unspecified atom stereocenters. The van der Waals surface area contributed by atoms with Crippen LogP contribution in [0.25, 0.3) is 0 Å². The Kier molecular flexibility index (Phi) is 3.24. The number of aromatic amines is 1. The fraction of sp³-hybridized carbons (Fsp3) is 0.636. The molecule has 1 aliphatic rings. The molecule has 1 N–H and O–H groups in total. The average molecular weight is 223 g/mol. The lowest BCUT2D eigenvalue weighted by Gasteiger charge is -2.17. The summed E-state index contributed by atoms with van der Waals surface area (Å²) in [4.78, 5) is 20.5. The molecule has 0 amide bonds. The van der Waals surface area contributed by atoms with Crippen LogP contribution in [0, 0.1) is 12.8 Å². The molecule has 1 aromatic heterocycles. The maximum Gasteiger partial charge on any atom is 0.252 e. The van der Waals surface area contributed by atoms with E-state index in [1.54, 1.807) is 20.1 Å². The van der Waals surface area contributed by atoms with E-state index in [9.17, 15) is 4.79 Å². The maximum atomic E-state index is 11.3. The van der Waals surface area contributed by atoms with Crippen LogP contribution in [0.15, 0.2) is 10.9 Å². The Hall–Kier alpha value is -1.36. The Morgan fingerprint density at radius 3 is 3.19 bits per heavy atom. The summed E-state index contributed by atoms with van der Waals surface area (Å²) < 4.78 is 5.14. The highest BCUT2D eigenvalue weighted by Crippen LogP contribution is 2.21. The largest absolute Gasteiger partial charge is 0.384 e. The summed E-state index contributed by atoms with van der Waals surface area (Å²) in [6.07, 6.45) is 1.10. The molecule has 5 heteroatoms. The van der Waals surface area contributed by atoms with E-state index in [4.69, 9.17) is 4.74 Å². The van der Waals surface area contributed by atoms with Crippen LogP contribution in [0.3, 0.4) is 0 Å². The Labute approximate surface area is 94.5 Å². The normalized spacial score (nSPS) is 20.4. The second kappa shape index (κ2) is 4.65. The summed E-state index contributed by atoms with van der Waals surface area (Å²) >= 11 is 0. The summed E-state index contributed by atoms with van der Waals surface area (Å²) in [5.41, 5.74) is -0.0855. The van der Waals surface area contributed by atoms with Crippen molar-refractivity contribution in [2.45, 2.75) is 13.3 Å². The topological polar surface area (TPSA) is 58.2 Å². The lowest BCUT2D eigenvalue weighted by Crippen LogP contribution is -2.24. The number of hydrogen-bond donors (Lipinski definition) is 1.